The van der Waals surface area contributed by atoms with Crippen molar-refractivity contribution in [2.45, 2.75) is 52.6 Å². The van der Waals surface area contributed by atoms with Crippen molar-refractivity contribution < 1.29 is 4.74 Å². The lowest BCUT2D eigenvalue weighted by molar-refractivity contribution is 0.0680. The Bertz CT molecular complexity index is 661. The van der Waals surface area contributed by atoms with Crippen molar-refractivity contribution in [1.82, 2.24) is 9.78 Å². The van der Waals surface area contributed by atoms with Crippen molar-refractivity contribution in [3.63, 3.8) is 0 Å². The second kappa shape index (κ2) is 10.8. The van der Waals surface area contributed by atoms with Crippen LogP contribution in [0.1, 0.15) is 46.1 Å². The molecule has 1 aromatic heterocycles. The quantitative estimate of drug-likeness (QED) is 0.758. The van der Waals surface area contributed by atoms with E-state index in [4.69, 9.17) is 16.2 Å². The Hall–Kier alpha value is -2.11. The zero-order valence-electron chi connectivity index (χ0n) is 16.7. The van der Waals surface area contributed by atoms with Crippen molar-refractivity contribution in [3.8, 4) is 0 Å². The molecule has 0 saturated carbocycles. The van der Waals surface area contributed by atoms with E-state index in [1.165, 1.54) is 5.57 Å². The molecule has 1 aromatic rings. The van der Waals surface area contributed by atoms with E-state index in [0.29, 0.717) is 25.5 Å². The van der Waals surface area contributed by atoms with Crippen molar-refractivity contribution >= 4 is 5.70 Å². The van der Waals surface area contributed by atoms with Gasteiger partial charge in [-0.05, 0) is 38.3 Å². The van der Waals surface area contributed by atoms with Gasteiger partial charge in [0.1, 0.15) is 0 Å². The summed E-state index contributed by atoms with van der Waals surface area (Å²) in [7, 11) is 0. The molecule has 5 heteroatoms. The topological polar surface area (TPSA) is 79.1 Å². The highest BCUT2D eigenvalue weighted by Gasteiger charge is 2.26. The molecule has 0 atom stereocenters. The fourth-order valence-electron chi connectivity index (χ4n) is 2.49. The molecule has 0 radical (unpaired) electrons. The normalized spacial score (nSPS) is 17.7. The van der Waals surface area contributed by atoms with Gasteiger partial charge in [0.15, 0.2) is 0 Å². The van der Waals surface area contributed by atoms with Gasteiger partial charge in [0.05, 0.1) is 12.7 Å². The van der Waals surface area contributed by atoms with Crippen LogP contribution in [0.5, 0.6) is 0 Å². The Morgan fingerprint density at radius 2 is 2.00 bits per heavy atom. The summed E-state index contributed by atoms with van der Waals surface area (Å²) in [6.45, 7) is 14.1. The van der Waals surface area contributed by atoms with Crippen LogP contribution >= 0.6 is 0 Å². The molecule has 1 aliphatic heterocycles. The van der Waals surface area contributed by atoms with E-state index in [9.17, 15) is 0 Å². The van der Waals surface area contributed by atoms with E-state index in [1.807, 2.05) is 49.9 Å². The number of ether oxygens (including phenoxy) is 1. The summed E-state index contributed by atoms with van der Waals surface area (Å²) in [5, 5.41) is 4.36. The Balaban J connectivity index is 0.00000163. The summed E-state index contributed by atoms with van der Waals surface area (Å²) in [5.41, 5.74) is 15.9. The van der Waals surface area contributed by atoms with Gasteiger partial charge in [-0.25, -0.2) is 0 Å². The maximum atomic E-state index is 6.37. The molecule has 1 aliphatic rings. The van der Waals surface area contributed by atoms with Gasteiger partial charge in [-0.15, -0.1) is 0 Å². The summed E-state index contributed by atoms with van der Waals surface area (Å²) in [6.07, 6.45) is 13.3. The van der Waals surface area contributed by atoms with Gasteiger partial charge in [0, 0.05) is 36.2 Å². The Morgan fingerprint density at radius 3 is 2.62 bits per heavy atom. The van der Waals surface area contributed by atoms with E-state index < -0.39 is 0 Å². The number of aromatic nitrogens is 2. The van der Waals surface area contributed by atoms with Gasteiger partial charge in [-0.1, -0.05) is 44.2 Å². The van der Waals surface area contributed by atoms with Crippen LogP contribution in [0.2, 0.25) is 0 Å². The summed E-state index contributed by atoms with van der Waals surface area (Å²) in [5.74, 6) is 0. The van der Waals surface area contributed by atoms with Gasteiger partial charge in [-0.2, -0.15) is 5.10 Å². The number of hydrogen-bond acceptors (Lipinski definition) is 4. The monoisotopic (exact) mass is 358 g/mol. The smallest absolute Gasteiger partial charge is 0.0653 e. The van der Waals surface area contributed by atoms with Crippen LogP contribution in [-0.4, -0.2) is 28.5 Å². The maximum Gasteiger partial charge on any atom is 0.0653 e. The van der Waals surface area contributed by atoms with Crippen molar-refractivity contribution in [3.05, 3.63) is 60.0 Å². The second-order valence-electron chi connectivity index (χ2n) is 6.40. The molecule has 5 nitrogen and oxygen atoms in total. The minimum Gasteiger partial charge on any atom is -0.398 e. The molecule has 0 bridgehead atoms. The first kappa shape index (κ1) is 21.9. The SMILES string of the molecule is C=C(/C=C\C(C)=C/C)Cn1cc(/C(N)=C/C2(N)CCOCC2)cn1.CC. The molecule has 2 rings (SSSR count). The average Bonchev–Trinajstić information content (AvgIpc) is 3.10. The van der Waals surface area contributed by atoms with Crippen LogP contribution in [0, 0.1) is 0 Å². The summed E-state index contributed by atoms with van der Waals surface area (Å²) in [6, 6.07) is 0. The van der Waals surface area contributed by atoms with Gasteiger partial charge < -0.3 is 16.2 Å². The first-order valence-corrected chi connectivity index (χ1v) is 9.28. The molecular weight excluding hydrogens is 324 g/mol. The molecule has 1 fully saturated rings. The number of rotatable bonds is 6. The second-order valence-corrected chi connectivity index (χ2v) is 6.40. The molecule has 0 aliphatic carbocycles. The molecule has 2 heterocycles. The molecule has 0 aromatic carbocycles. The van der Waals surface area contributed by atoms with E-state index >= 15 is 0 Å². The lowest BCUT2D eigenvalue weighted by atomic mass is 9.90. The molecular formula is C21H34N4O. The van der Waals surface area contributed by atoms with E-state index in [1.54, 1.807) is 6.20 Å². The average molecular weight is 359 g/mol. The van der Waals surface area contributed by atoms with Crippen LogP contribution in [0.3, 0.4) is 0 Å². The first-order valence-electron chi connectivity index (χ1n) is 9.28. The standard InChI is InChI=1S/C19H28N4O.C2H6/c1-4-15(2)5-6-16(3)13-23-14-17(12-22-23)18(20)11-19(21)7-9-24-10-8-19;1-2/h4-6,11-12,14H,3,7-10,13,20-21H2,1-2H3;1-2H3/b6-5-,15-4-,18-11-;. The van der Waals surface area contributed by atoms with Gasteiger partial charge in [0.25, 0.3) is 0 Å². The molecule has 0 unspecified atom stereocenters. The lowest BCUT2D eigenvalue weighted by Gasteiger charge is -2.30. The Labute approximate surface area is 158 Å². The van der Waals surface area contributed by atoms with E-state index in [2.05, 4.69) is 24.7 Å². The number of nitrogens with zero attached hydrogens (tertiary/aromatic N) is 2. The van der Waals surface area contributed by atoms with Crippen molar-refractivity contribution in [2.24, 2.45) is 11.5 Å². The third kappa shape index (κ3) is 7.02. The molecule has 1 saturated heterocycles. The van der Waals surface area contributed by atoms with Crippen LogP contribution in [-0.2, 0) is 11.3 Å². The Kier molecular flexibility index (Phi) is 9.10. The summed E-state index contributed by atoms with van der Waals surface area (Å²) < 4.78 is 7.20. The molecule has 26 heavy (non-hydrogen) atoms. The van der Waals surface area contributed by atoms with Crippen LogP contribution in [0.15, 0.2) is 54.4 Å². The minimum atomic E-state index is -0.388. The third-order valence-corrected chi connectivity index (χ3v) is 4.24. The van der Waals surface area contributed by atoms with Crippen LogP contribution < -0.4 is 11.5 Å². The highest BCUT2D eigenvalue weighted by molar-refractivity contribution is 5.62. The first-order chi connectivity index (χ1) is 12.4. The molecule has 0 spiro atoms. The summed E-state index contributed by atoms with van der Waals surface area (Å²) >= 11 is 0. The van der Waals surface area contributed by atoms with Crippen LogP contribution in [0.4, 0.5) is 0 Å². The van der Waals surface area contributed by atoms with Gasteiger partial charge >= 0.3 is 0 Å². The third-order valence-electron chi connectivity index (χ3n) is 4.24. The largest absolute Gasteiger partial charge is 0.398 e. The fraction of sp³-hybridized carbons (Fsp3) is 0.476. The van der Waals surface area contributed by atoms with E-state index in [-0.39, 0.29) is 5.54 Å². The van der Waals surface area contributed by atoms with Crippen LogP contribution in [0.25, 0.3) is 5.70 Å². The van der Waals surface area contributed by atoms with Gasteiger partial charge in [0.2, 0.25) is 0 Å². The predicted octanol–water partition coefficient (Wildman–Crippen LogP) is 3.80. The molecule has 144 valence electrons. The van der Waals surface area contributed by atoms with Crippen molar-refractivity contribution in [2.75, 3.05) is 13.2 Å². The zero-order chi connectivity index (χ0) is 19.6. The zero-order valence-corrected chi connectivity index (χ0v) is 16.7. The predicted molar refractivity (Wildman–Crippen MR) is 110 cm³/mol. The Morgan fingerprint density at radius 1 is 1.35 bits per heavy atom. The number of allylic oxidation sites excluding steroid dienone is 5. The lowest BCUT2D eigenvalue weighted by Crippen LogP contribution is -2.43. The highest BCUT2D eigenvalue weighted by Crippen LogP contribution is 2.22. The number of nitrogens with two attached hydrogens (primary N) is 2. The van der Waals surface area contributed by atoms with Crippen molar-refractivity contribution in [1.29, 1.82) is 0 Å². The maximum absolute atomic E-state index is 6.37. The highest BCUT2D eigenvalue weighted by atomic mass is 16.5. The minimum absolute atomic E-state index is 0.388. The van der Waals surface area contributed by atoms with E-state index in [0.717, 1.165) is 24.0 Å². The number of hydrogen-bond donors (Lipinski definition) is 2. The molecule has 4 N–H and O–H groups in total. The van der Waals surface area contributed by atoms with Gasteiger partial charge in [-0.3, -0.25) is 4.68 Å². The summed E-state index contributed by atoms with van der Waals surface area (Å²) in [4.78, 5) is 0. The molecule has 0 amide bonds. The fourth-order valence-corrected chi connectivity index (χ4v) is 2.49.